The van der Waals surface area contributed by atoms with Crippen molar-refractivity contribution in [1.29, 1.82) is 0 Å². The minimum Gasteiger partial charge on any atom is -0.310 e. The van der Waals surface area contributed by atoms with Crippen molar-refractivity contribution in [2.75, 3.05) is 11.1 Å². The Morgan fingerprint density at radius 3 is 2.96 bits per heavy atom. The number of amides is 1. The molecule has 1 aromatic heterocycles. The zero-order chi connectivity index (χ0) is 17.3. The summed E-state index contributed by atoms with van der Waals surface area (Å²) in [4.78, 5) is 31.4. The average molecular weight is 366 g/mol. The van der Waals surface area contributed by atoms with Gasteiger partial charge in [0.2, 0.25) is 5.91 Å². The molecule has 0 fully saturated rings. The Morgan fingerprint density at radius 1 is 1.46 bits per heavy atom. The van der Waals surface area contributed by atoms with Gasteiger partial charge < -0.3 is 10.3 Å². The Hall–Kier alpha value is -2.12. The van der Waals surface area contributed by atoms with Crippen molar-refractivity contribution in [3.63, 3.8) is 0 Å². The number of aromatic nitrogens is 2. The number of hydrogen-bond acceptors (Lipinski definition) is 4. The van der Waals surface area contributed by atoms with Crippen molar-refractivity contribution in [2.45, 2.75) is 17.5 Å². The second kappa shape index (κ2) is 6.78. The summed E-state index contributed by atoms with van der Waals surface area (Å²) >= 11 is 7.06. The number of carbonyl (C=O) groups is 1. The maximum atomic E-state index is 14.3. The number of halogens is 2. The van der Waals surface area contributed by atoms with Crippen LogP contribution in [0.3, 0.4) is 0 Å². The molecular weight excluding hydrogens is 353 g/mol. The fourth-order valence-electron chi connectivity index (χ4n) is 2.61. The number of anilines is 1. The third-order valence-corrected chi connectivity index (χ3v) is 4.71. The Morgan fingerprint density at radius 2 is 2.25 bits per heavy atom. The Labute approximate surface area is 146 Å². The van der Waals surface area contributed by atoms with Crippen LogP contribution in [0.4, 0.5) is 10.2 Å². The van der Waals surface area contributed by atoms with Gasteiger partial charge in [0.15, 0.2) is 5.16 Å². The highest BCUT2D eigenvalue weighted by Crippen LogP contribution is 2.36. The number of aromatic amines is 1. The maximum Gasteiger partial charge on any atom is 0.257 e. The number of rotatable bonds is 4. The standard InChI is InChI=1S/C16H13ClFN3O2S/c1-2-5-24-16-20-14-13(15(23)21-16)10(7-12(22)19-14)9-4-3-8(17)6-11(9)18/h2-4,6,10H,1,5,7H2,(H2,19,20,21,22,23)/t10-/m0/s1. The van der Waals surface area contributed by atoms with E-state index >= 15 is 0 Å². The van der Waals surface area contributed by atoms with Crippen molar-refractivity contribution in [3.8, 4) is 0 Å². The van der Waals surface area contributed by atoms with Gasteiger partial charge in [-0.3, -0.25) is 9.59 Å². The molecule has 1 aliphatic rings. The number of H-pyrrole nitrogens is 1. The lowest BCUT2D eigenvalue weighted by atomic mass is 9.86. The first-order chi connectivity index (χ1) is 11.5. The van der Waals surface area contributed by atoms with Gasteiger partial charge in [-0.2, -0.15) is 0 Å². The number of hydrogen-bond donors (Lipinski definition) is 2. The van der Waals surface area contributed by atoms with E-state index in [1.807, 2.05) is 0 Å². The summed E-state index contributed by atoms with van der Waals surface area (Å²) in [5.41, 5.74) is 0.0963. The number of carbonyl (C=O) groups excluding carboxylic acids is 1. The zero-order valence-corrected chi connectivity index (χ0v) is 14.0. The van der Waals surface area contributed by atoms with Gasteiger partial charge in [-0.15, -0.1) is 6.58 Å². The largest absolute Gasteiger partial charge is 0.310 e. The highest BCUT2D eigenvalue weighted by molar-refractivity contribution is 7.99. The van der Waals surface area contributed by atoms with Crippen LogP contribution < -0.4 is 10.9 Å². The van der Waals surface area contributed by atoms with Gasteiger partial charge in [-0.1, -0.05) is 35.5 Å². The van der Waals surface area contributed by atoms with Gasteiger partial charge in [0.25, 0.3) is 5.56 Å². The summed E-state index contributed by atoms with van der Waals surface area (Å²) < 4.78 is 14.3. The Bertz CT molecular complexity index is 884. The second-order valence-electron chi connectivity index (χ2n) is 5.20. The van der Waals surface area contributed by atoms with Crippen LogP contribution in [-0.4, -0.2) is 21.6 Å². The van der Waals surface area contributed by atoms with Crippen LogP contribution in [0.15, 0.2) is 40.8 Å². The molecule has 1 aliphatic heterocycles. The van der Waals surface area contributed by atoms with E-state index in [1.54, 1.807) is 6.08 Å². The van der Waals surface area contributed by atoms with Crippen LogP contribution in [0.25, 0.3) is 0 Å². The first-order valence-corrected chi connectivity index (χ1v) is 8.48. The molecule has 24 heavy (non-hydrogen) atoms. The SMILES string of the molecule is C=CCSc1nc2c(c(=O)[nH]1)[C@H](c1ccc(Cl)cc1F)CC(=O)N2. The normalized spacial score (nSPS) is 16.4. The predicted molar refractivity (Wildman–Crippen MR) is 92.3 cm³/mol. The summed E-state index contributed by atoms with van der Waals surface area (Å²) in [7, 11) is 0. The fraction of sp³-hybridized carbons (Fsp3) is 0.188. The van der Waals surface area contributed by atoms with E-state index in [4.69, 9.17) is 11.6 Å². The molecular formula is C16H13ClFN3O2S. The van der Waals surface area contributed by atoms with E-state index in [2.05, 4.69) is 21.9 Å². The van der Waals surface area contributed by atoms with Crippen LogP contribution in [0.2, 0.25) is 5.02 Å². The molecule has 2 N–H and O–H groups in total. The highest BCUT2D eigenvalue weighted by atomic mass is 35.5. The van der Waals surface area contributed by atoms with Crippen LogP contribution in [0.5, 0.6) is 0 Å². The molecule has 0 saturated heterocycles. The summed E-state index contributed by atoms with van der Waals surface area (Å²) in [5.74, 6) is -0.857. The number of fused-ring (bicyclic) bond motifs is 1. The van der Waals surface area contributed by atoms with E-state index in [0.29, 0.717) is 10.9 Å². The number of thioether (sulfide) groups is 1. The lowest BCUT2D eigenvalue weighted by Gasteiger charge is -2.24. The topological polar surface area (TPSA) is 74.8 Å². The fourth-order valence-corrected chi connectivity index (χ4v) is 3.36. The van der Waals surface area contributed by atoms with E-state index in [9.17, 15) is 14.0 Å². The summed E-state index contributed by atoms with van der Waals surface area (Å²) in [6, 6.07) is 4.19. The molecule has 124 valence electrons. The van der Waals surface area contributed by atoms with Crippen molar-refractivity contribution in [2.24, 2.45) is 0 Å². The molecule has 2 aromatic rings. The smallest absolute Gasteiger partial charge is 0.257 e. The number of nitrogens with zero attached hydrogens (tertiary/aromatic N) is 1. The molecule has 2 heterocycles. The van der Waals surface area contributed by atoms with Crippen molar-refractivity contribution < 1.29 is 9.18 Å². The monoisotopic (exact) mass is 365 g/mol. The summed E-state index contributed by atoms with van der Waals surface area (Å²) in [6.45, 7) is 3.60. The molecule has 0 bridgehead atoms. The van der Waals surface area contributed by atoms with Crippen molar-refractivity contribution in [1.82, 2.24) is 9.97 Å². The average Bonchev–Trinajstić information content (AvgIpc) is 2.51. The lowest BCUT2D eigenvalue weighted by molar-refractivity contribution is -0.116. The van der Waals surface area contributed by atoms with Crippen LogP contribution in [-0.2, 0) is 4.79 Å². The van der Waals surface area contributed by atoms with E-state index in [-0.39, 0.29) is 34.3 Å². The molecule has 1 amide bonds. The van der Waals surface area contributed by atoms with E-state index in [0.717, 1.165) is 0 Å². The predicted octanol–water partition coefficient (Wildman–Crippen LogP) is 3.31. The van der Waals surface area contributed by atoms with Gasteiger partial charge in [0.05, 0.1) is 5.56 Å². The quantitative estimate of drug-likeness (QED) is 0.495. The second-order valence-corrected chi connectivity index (χ2v) is 6.65. The third kappa shape index (κ3) is 3.22. The van der Waals surface area contributed by atoms with E-state index in [1.165, 1.54) is 30.0 Å². The Kier molecular flexibility index (Phi) is 4.73. The highest BCUT2D eigenvalue weighted by Gasteiger charge is 2.32. The maximum absolute atomic E-state index is 14.3. The number of benzene rings is 1. The minimum absolute atomic E-state index is 0.0323. The number of nitrogens with one attached hydrogen (secondary N) is 2. The first kappa shape index (κ1) is 16.7. The molecule has 0 spiro atoms. The van der Waals surface area contributed by atoms with Crippen LogP contribution >= 0.6 is 23.4 Å². The molecule has 1 aromatic carbocycles. The molecule has 1 atom stereocenters. The van der Waals surface area contributed by atoms with Gasteiger partial charge in [-0.25, -0.2) is 9.37 Å². The third-order valence-electron chi connectivity index (χ3n) is 3.61. The summed E-state index contributed by atoms with van der Waals surface area (Å²) in [5, 5.41) is 3.21. The van der Waals surface area contributed by atoms with Crippen molar-refractivity contribution >= 4 is 35.1 Å². The molecule has 0 aliphatic carbocycles. The van der Waals surface area contributed by atoms with Crippen LogP contribution in [0, 0.1) is 5.82 Å². The van der Waals surface area contributed by atoms with Gasteiger partial charge in [0, 0.05) is 23.1 Å². The van der Waals surface area contributed by atoms with Gasteiger partial charge >= 0.3 is 0 Å². The molecule has 0 radical (unpaired) electrons. The Balaban J connectivity index is 2.11. The van der Waals surface area contributed by atoms with Gasteiger partial charge in [-0.05, 0) is 17.7 Å². The molecule has 8 heteroatoms. The molecule has 0 unspecified atom stereocenters. The van der Waals surface area contributed by atoms with Crippen LogP contribution in [0.1, 0.15) is 23.5 Å². The lowest BCUT2D eigenvalue weighted by Crippen LogP contribution is -2.31. The first-order valence-electron chi connectivity index (χ1n) is 7.12. The molecule has 3 rings (SSSR count). The minimum atomic E-state index is -0.708. The van der Waals surface area contributed by atoms with Crippen molar-refractivity contribution in [3.05, 3.63) is 63.2 Å². The van der Waals surface area contributed by atoms with Gasteiger partial charge in [0.1, 0.15) is 11.6 Å². The van der Waals surface area contributed by atoms with E-state index < -0.39 is 17.3 Å². The zero-order valence-electron chi connectivity index (χ0n) is 12.4. The summed E-state index contributed by atoms with van der Waals surface area (Å²) in [6.07, 6.45) is 1.64. The molecule has 0 saturated carbocycles. The molecule has 5 nitrogen and oxygen atoms in total.